The topological polar surface area (TPSA) is 111 Å². The van der Waals surface area contributed by atoms with Crippen LogP contribution in [0.4, 0.5) is 14.6 Å². The maximum Gasteiger partial charge on any atom is 0.272 e. The Morgan fingerprint density at radius 2 is 2.03 bits per heavy atom. The highest BCUT2D eigenvalue weighted by Gasteiger charge is 2.59. The first kappa shape index (κ1) is 20.0. The van der Waals surface area contributed by atoms with Gasteiger partial charge >= 0.3 is 0 Å². The molecule has 1 aromatic heterocycles. The SMILES string of the molecule is CN(Cc1cc(F)ccc1F)C(=O)C1=NCc2ncnc(N[C@H]3[C@H](O)[C@H](O)[C@@H]4C[C@@H]43)c21. The van der Waals surface area contributed by atoms with E-state index in [2.05, 4.69) is 20.3 Å². The molecule has 5 rings (SSSR count). The number of carbonyl (C=O) groups excluding carboxylic acids is 1. The lowest BCUT2D eigenvalue weighted by Gasteiger charge is -2.24. The van der Waals surface area contributed by atoms with Crippen molar-refractivity contribution in [2.24, 2.45) is 16.8 Å². The number of rotatable bonds is 5. The first-order valence-electron chi connectivity index (χ1n) is 10.1. The van der Waals surface area contributed by atoms with Crippen LogP contribution in [0.15, 0.2) is 29.5 Å². The predicted octanol–water partition coefficient (Wildman–Crippen LogP) is 0.868. The van der Waals surface area contributed by atoms with Crippen molar-refractivity contribution in [3.63, 3.8) is 0 Å². The first-order valence-corrected chi connectivity index (χ1v) is 10.1. The van der Waals surface area contributed by atoms with Gasteiger partial charge in [0.2, 0.25) is 0 Å². The van der Waals surface area contributed by atoms with Gasteiger partial charge in [0.1, 0.15) is 35.6 Å². The second-order valence-corrected chi connectivity index (χ2v) is 8.32. The summed E-state index contributed by atoms with van der Waals surface area (Å²) in [6.45, 7) is 0.0577. The molecule has 8 nitrogen and oxygen atoms in total. The Kier molecular flexibility index (Phi) is 4.71. The summed E-state index contributed by atoms with van der Waals surface area (Å²) in [5, 5.41) is 23.6. The van der Waals surface area contributed by atoms with E-state index in [1.165, 1.54) is 18.3 Å². The Morgan fingerprint density at radius 3 is 2.77 bits per heavy atom. The number of nitrogens with zero attached hydrogens (tertiary/aromatic N) is 4. The minimum atomic E-state index is -0.925. The average molecular weight is 429 g/mol. The monoisotopic (exact) mass is 429 g/mol. The van der Waals surface area contributed by atoms with Crippen LogP contribution in [-0.2, 0) is 17.9 Å². The maximum absolute atomic E-state index is 14.0. The van der Waals surface area contributed by atoms with Gasteiger partial charge in [-0.3, -0.25) is 9.79 Å². The molecule has 5 atom stereocenters. The van der Waals surface area contributed by atoms with Gasteiger partial charge in [-0.2, -0.15) is 0 Å². The summed E-state index contributed by atoms with van der Waals surface area (Å²) in [4.78, 5) is 27.1. The summed E-state index contributed by atoms with van der Waals surface area (Å²) in [6, 6.07) is 2.72. The zero-order valence-electron chi connectivity index (χ0n) is 16.7. The maximum atomic E-state index is 14.0. The number of likely N-dealkylation sites (N-methyl/N-ethyl adjacent to an activating group) is 1. The van der Waals surface area contributed by atoms with Crippen molar-refractivity contribution in [3.05, 3.63) is 53.0 Å². The second kappa shape index (κ2) is 7.31. The van der Waals surface area contributed by atoms with E-state index in [1.54, 1.807) is 0 Å². The van der Waals surface area contributed by atoms with Gasteiger partial charge in [-0.1, -0.05) is 0 Å². The average Bonchev–Trinajstić information content (AvgIpc) is 3.36. The Hall–Kier alpha value is -2.98. The van der Waals surface area contributed by atoms with E-state index < -0.39 is 29.7 Å². The molecule has 31 heavy (non-hydrogen) atoms. The zero-order valence-corrected chi connectivity index (χ0v) is 16.7. The second-order valence-electron chi connectivity index (χ2n) is 8.32. The molecule has 2 fully saturated rings. The molecule has 10 heteroatoms. The van der Waals surface area contributed by atoms with E-state index in [-0.39, 0.29) is 42.2 Å². The third-order valence-corrected chi connectivity index (χ3v) is 6.33. The lowest BCUT2D eigenvalue weighted by Crippen LogP contribution is -2.39. The fourth-order valence-electron chi connectivity index (χ4n) is 4.59. The smallest absolute Gasteiger partial charge is 0.272 e. The van der Waals surface area contributed by atoms with Crippen molar-refractivity contribution < 1.29 is 23.8 Å². The van der Waals surface area contributed by atoms with Gasteiger partial charge in [-0.05, 0) is 36.5 Å². The summed E-state index contributed by atoms with van der Waals surface area (Å²) in [5.74, 6) is -1.08. The van der Waals surface area contributed by atoms with Gasteiger partial charge in [0.25, 0.3) is 5.91 Å². The Morgan fingerprint density at radius 1 is 1.23 bits per heavy atom. The van der Waals surface area contributed by atoms with Crippen LogP contribution in [0.1, 0.15) is 23.2 Å². The highest BCUT2D eigenvalue weighted by molar-refractivity contribution is 6.47. The van der Waals surface area contributed by atoms with Gasteiger partial charge < -0.3 is 20.4 Å². The number of carbonyl (C=O) groups is 1. The highest BCUT2D eigenvalue weighted by Crippen LogP contribution is 2.52. The lowest BCUT2D eigenvalue weighted by atomic mass is 10.1. The molecule has 3 aliphatic rings. The molecule has 0 saturated heterocycles. The molecular weight excluding hydrogens is 408 g/mol. The molecule has 3 N–H and O–H groups in total. The van der Waals surface area contributed by atoms with Crippen LogP contribution >= 0.6 is 0 Å². The Bertz CT molecular complexity index is 1090. The molecule has 2 heterocycles. The number of benzene rings is 1. The van der Waals surface area contributed by atoms with Crippen LogP contribution in [0.5, 0.6) is 0 Å². The molecule has 1 aliphatic heterocycles. The number of aliphatic imine (C=N–C) groups is 1. The number of halogens is 2. The molecule has 0 bridgehead atoms. The quantitative estimate of drug-likeness (QED) is 0.651. The minimum absolute atomic E-state index is 0.0557. The van der Waals surface area contributed by atoms with Crippen LogP contribution in [0.25, 0.3) is 0 Å². The molecule has 0 unspecified atom stereocenters. The minimum Gasteiger partial charge on any atom is -0.390 e. The standard InChI is InChI=1S/C21H21F2N5O3/c1-28(7-9-4-10(22)2-3-13(9)23)21(31)17-15-14(6-24-17)25-8-26-20(15)27-16-11-5-12(11)18(29)19(16)30/h2-4,8,11-12,16,18-19,29-30H,5-7H2,1H3,(H,25,26,27)/t11-,12+,16+,18+,19-/m0/s1. The molecule has 2 aliphatic carbocycles. The number of anilines is 1. The number of hydrogen-bond acceptors (Lipinski definition) is 7. The summed E-state index contributed by atoms with van der Waals surface area (Å²) in [6.07, 6.45) is 0.480. The van der Waals surface area contributed by atoms with E-state index in [9.17, 15) is 23.8 Å². The molecule has 162 valence electrons. The van der Waals surface area contributed by atoms with Gasteiger partial charge in [-0.15, -0.1) is 0 Å². The number of aromatic nitrogens is 2. The molecule has 1 amide bonds. The Balaban J connectivity index is 1.38. The molecule has 0 spiro atoms. The molecule has 2 aromatic rings. The van der Waals surface area contributed by atoms with E-state index in [0.717, 1.165) is 24.6 Å². The fourth-order valence-corrected chi connectivity index (χ4v) is 4.59. The first-order chi connectivity index (χ1) is 14.8. The fraction of sp³-hybridized carbons (Fsp3) is 0.429. The molecule has 1 aromatic carbocycles. The van der Waals surface area contributed by atoms with Gasteiger partial charge in [0.15, 0.2) is 0 Å². The molecule has 2 saturated carbocycles. The number of aliphatic hydroxyl groups excluding tert-OH is 2. The third kappa shape index (κ3) is 3.35. The summed E-state index contributed by atoms with van der Waals surface area (Å²) < 4.78 is 27.5. The van der Waals surface area contributed by atoms with Crippen LogP contribution in [0, 0.1) is 23.5 Å². The summed E-state index contributed by atoms with van der Waals surface area (Å²) in [5.41, 5.74) is 1.18. The number of hydrogen-bond donors (Lipinski definition) is 3. The van der Waals surface area contributed by atoms with Crippen LogP contribution in [0.2, 0.25) is 0 Å². The van der Waals surface area contributed by atoms with E-state index in [1.807, 2.05) is 0 Å². The van der Waals surface area contributed by atoms with Crippen LogP contribution in [-0.4, -0.2) is 62.0 Å². The number of fused-ring (bicyclic) bond motifs is 2. The van der Waals surface area contributed by atoms with Crippen LogP contribution in [0.3, 0.4) is 0 Å². The normalized spacial score (nSPS) is 28.0. The van der Waals surface area contributed by atoms with Crippen molar-refractivity contribution in [2.45, 2.75) is 37.8 Å². The van der Waals surface area contributed by atoms with Gasteiger partial charge in [-0.25, -0.2) is 18.7 Å². The Labute approximate surface area is 176 Å². The van der Waals surface area contributed by atoms with Gasteiger partial charge in [0.05, 0.1) is 29.9 Å². The largest absolute Gasteiger partial charge is 0.390 e. The van der Waals surface area contributed by atoms with E-state index >= 15 is 0 Å². The zero-order chi connectivity index (χ0) is 21.9. The van der Waals surface area contributed by atoms with Crippen LogP contribution < -0.4 is 5.32 Å². The van der Waals surface area contributed by atoms with Gasteiger partial charge in [0, 0.05) is 19.2 Å². The lowest BCUT2D eigenvalue weighted by molar-refractivity contribution is -0.123. The van der Waals surface area contributed by atoms with Crippen molar-refractivity contribution in [3.8, 4) is 0 Å². The van der Waals surface area contributed by atoms with E-state index in [4.69, 9.17) is 0 Å². The molecule has 0 radical (unpaired) electrons. The number of amides is 1. The van der Waals surface area contributed by atoms with Crippen molar-refractivity contribution in [2.75, 3.05) is 12.4 Å². The number of nitrogens with one attached hydrogen (secondary N) is 1. The highest BCUT2D eigenvalue weighted by atomic mass is 19.1. The van der Waals surface area contributed by atoms with E-state index in [0.29, 0.717) is 17.1 Å². The van der Waals surface area contributed by atoms with Crippen molar-refractivity contribution >= 4 is 17.4 Å². The summed E-state index contributed by atoms with van der Waals surface area (Å²) in [7, 11) is 1.48. The van der Waals surface area contributed by atoms with Crippen molar-refractivity contribution in [1.82, 2.24) is 14.9 Å². The third-order valence-electron chi connectivity index (χ3n) is 6.33. The summed E-state index contributed by atoms with van der Waals surface area (Å²) >= 11 is 0. The molecular formula is C21H21F2N5O3. The number of aliphatic hydroxyl groups is 2. The van der Waals surface area contributed by atoms with Crippen molar-refractivity contribution in [1.29, 1.82) is 0 Å². The predicted molar refractivity (Wildman–Crippen MR) is 106 cm³/mol.